The largest absolute Gasteiger partial charge is 0.480 e. The molecule has 106 heavy (non-hydrogen) atoms. The van der Waals surface area contributed by atoms with Crippen LogP contribution in [0.4, 0.5) is 0 Å². The number of H-pyrrole nitrogens is 4. The maximum Gasteiger partial charge on any atom is 0.326 e. The Morgan fingerprint density at radius 3 is 0.877 bits per heavy atom. The molecule has 4 aromatic heterocycles. The van der Waals surface area contributed by atoms with Crippen molar-refractivity contribution in [1.29, 1.82) is 10.8 Å². The first-order valence-corrected chi connectivity index (χ1v) is 36.0. The van der Waals surface area contributed by atoms with Crippen LogP contribution < -0.4 is 87.6 Å². The lowest BCUT2D eigenvalue weighted by molar-refractivity contribution is -0.142. The quantitative estimate of drug-likeness (QED) is 0.0144. The Balaban J connectivity index is 1.08. The minimum atomic E-state index is -1.49. The van der Waals surface area contributed by atoms with E-state index in [4.69, 9.17) is 45.2 Å². The fourth-order valence-electron chi connectivity index (χ4n) is 12.9. The number of nitrogens with one attached hydrogen (secondary N) is 16. The third-order valence-corrected chi connectivity index (χ3v) is 18.6. The van der Waals surface area contributed by atoms with E-state index in [9.17, 15) is 29.1 Å². The average Bonchev–Trinajstić information content (AvgIpc) is 1.65. The van der Waals surface area contributed by atoms with Crippen molar-refractivity contribution in [3.8, 4) is 0 Å². The van der Waals surface area contributed by atoms with E-state index >= 15 is 19.2 Å². The highest BCUT2D eigenvalue weighted by atomic mass is 16.4. The number of amides is 8. The maximum absolute atomic E-state index is 15.6. The number of nitrogens with two attached hydrogens (primary N) is 6. The van der Waals surface area contributed by atoms with Crippen LogP contribution in [-0.2, 0) is 68.8 Å². The number of carbonyl (C=O) groups is 9. The summed E-state index contributed by atoms with van der Waals surface area (Å²) in [6.45, 7) is 1.02. The summed E-state index contributed by atoms with van der Waals surface area (Å²) in [7, 11) is 0. The number of hydrogen-bond acceptors (Lipinski definition) is 15. The molecule has 32 nitrogen and oxygen atoms in total. The highest BCUT2D eigenvalue weighted by Crippen LogP contribution is 2.25. The second-order valence-electron chi connectivity index (χ2n) is 26.5. The van der Waals surface area contributed by atoms with Crippen molar-refractivity contribution >= 4 is 109 Å². The van der Waals surface area contributed by atoms with Crippen LogP contribution in [0, 0.1) is 10.8 Å². The molecule has 0 aliphatic carbocycles. The molecule has 8 rings (SSSR count). The van der Waals surface area contributed by atoms with Gasteiger partial charge in [-0.05, 0) is 156 Å². The van der Waals surface area contributed by atoms with Crippen molar-refractivity contribution in [2.24, 2.45) is 34.4 Å². The van der Waals surface area contributed by atoms with Gasteiger partial charge in [0, 0.05) is 101 Å². The van der Waals surface area contributed by atoms with Gasteiger partial charge in [0.15, 0.2) is 11.9 Å². The lowest BCUT2D eigenvalue weighted by Crippen LogP contribution is -2.61. The Morgan fingerprint density at radius 1 is 0.340 bits per heavy atom. The molecule has 9 atom stereocenters. The minimum Gasteiger partial charge on any atom is -0.480 e. The van der Waals surface area contributed by atoms with E-state index in [1.807, 2.05) is 91.0 Å². The van der Waals surface area contributed by atoms with Gasteiger partial charge >= 0.3 is 5.97 Å². The molecule has 8 amide bonds. The number of hydrogen-bond donors (Lipinski definition) is 23. The van der Waals surface area contributed by atoms with E-state index in [1.54, 1.807) is 30.9 Å². The van der Waals surface area contributed by atoms with Crippen molar-refractivity contribution < 1.29 is 48.3 Å². The predicted octanol–water partition coefficient (Wildman–Crippen LogP) is 1.09. The summed E-state index contributed by atoms with van der Waals surface area (Å²) in [4.78, 5) is 145. The first-order chi connectivity index (χ1) is 51.1. The number of guanidine groups is 2. The van der Waals surface area contributed by atoms with Gasteiger partial charge in [-0.2, -0.15) is 0 Å². The number of aromatic amines is 4. The molecule has 4 heterocycles. The van der Waals surface area contributed by atoms with Crippen molar-refractivity contribution in [1.82, 2.24) is 73.1 Å². The number of carboxylic acids is 1. The predicted molar refractivity (Wildman–Crippen MR) is 406 cm³/mol. The van der Waals surface area contributed by atoms with Crippen LogP contribution in [0.15, 0.2) is 122 Å². The Labute approximate surface area is 613 Å². The topological polar surface area (TPSA) is 561 Å². The van der Waals surface area contributed by atoms with Crippen LogP contribution in [-0.4, -0.2) is 177 Å². The first kappa shape index (κ1) is 80.3. The summed E-state index contributed by atoms with van der Waals surface area (Å²) in [5.41, 5.74) is 41.0. The summed E-state index contributed by atoms with van der Waals surface area (Å²) in [5.74, 6) is -8.26. The monoisotopic (exact) mass is 1460 g/mol. The number of carboxylic acid groups (broad SMARTS) is 1. The lowest BCUT2D eigenvalue weighted by Gasteiger charge is -2.28. The molecule has 0 saturated heterocycles. The Kier molecular flexibility index (Phi) is 30.8. The SMILES string of the molecule is N=C(N)NCCC[C@H](NC(=O)[C@H](Cc1c[nH]c2ccccc12)NC(=O)[C@H](CCCCN)NC(=O)[C@H](CCCCN)NC(=O)[C@H](Cc1c[nH]c2ccccc12)NC(=O)[C@H](Cc1c[nH]c2ccccc12)NC(=O)[C@H](CCCNC(=N)N)NC(=O)[C@H](CCCCN)NC(=O)[C@@H](N)Cc1c[nH]c2ccccc12)C(=O)O. The fraction of sp³-hybridized carbons (Fsp3) is 0.419. The van der Waals surface area contributed by atoms with Gasteiger partial charge < -0.3 is 113 Å². The van der Waals surface area contributed by atoms with E-state index in [1.165, 1.54) is 0 Å². The number of rotatable bonds is 45. The number of unbranched alkanes of at least 4 members (excludes halogenated alkanes) is 3. The third kappa shape index (κ3) is 23.6. The molecule has 29 N–H and O–H groups in total. The molecule has 8 aromatic rings. The number of para-hydroxylation sites is 4. The average molecular weight is 1460 g/mol. The summed E-state index contributed by atoms with van der Waals surface area (Å²) in [6, 6.07) is 17.3. The van der Waals surface area contributed by atoms with Crippen LogP contribution in [0.3, 0.4) is 0 Å². The van der Waals surface area contributed by atoms with E-state index in [-0.39, 0.29) is 109 Å². The van der Waals surface area contributed by atoms with Crippen LogP contribution in [0.25, 0.3) is 43.6 Å². The first-order valence-electron chi connectivity index (χ1n) is 36.0. The van der Waals surface area contributed by atoms with Crippen molar-refractivity contribution in [3.05, 3.63) is 144 Å². The Hall–Kier alpha value is -11.3. The molecule has 32 heteroatoms. The second kappa shape index (κ2) is 40.6. The zero-order chi connectivity index (χ0) is 76.1. The zero-order valence-corrected chi connectivity index (χ0v) is 59.4. The molecular formula is C74H102N22O10. The van der Waals surface area contributed by atoms with Gasteiger partial charge in [0.1, 0.15) is 48.3 Å². The molecule has 0 saturated carbocycles. The molecule has 0 spiro atoms. The molecule has 0 aliphatic rings. The molecule has 0 unspecified atom stereocenters. The standard InChI is InChI=1S/C74H102N22O10/c75-30-12-9-25-56(89-64(97)51(78)35-43-39-85-52-21-5-1-17-47(43)52)65(98)91-59(28-15-33-83-73(79)80)68(101)95-63(38-46-42-88-55-24-8-4-20-50(46)55)71(104)96-61(36-44-40-86-53-22-6-2-18-48(44)53)69(102)92-57(26-10-13-31-76)66(99)90-58(27-11-14-32-77)67(100)94-62(37-45-41-87-54-23-7-3-19-49(45)54)70(103)93-60(72(105)106)29-16-34-84-74(81)82/h1-8,17-24,39-42,51,56-63,85-88H,9-16,25-38,75-78H2,(H,89,97)(H,90,99)(H,91,98)(H,92,102)(H,93,103)(H,94,100)(H,95,101)(H,96,104)(H,105,106)(H4,79,80,83)(H4,81,82,84)/t51-,56-,57-,58-,59-,60-,61-,62-,63-/m0/s1. The molecule has 0 radical (unpaired) electrons. The number of aromatic nitrogens is 4. The zero-order valence-electron chi connectivity index (χ0n) is 59.4. The number of benzene rings is 4. The van der Waals surface area contributed by atoms with Gasteiger partial charge in [0.05, 0.1) is 6.04 Å². The molecule has 0 aliphatic heterocycles. The Morgan fingerprint density at radius 2 is 0.585 bits per heavy atom. The van der Waals surface area contributed by atoms with E-state index < -0.39 is 108 Å². The summed E-state index contributed by atoms with van der Waals surface area (Å²) < 4.78 is 0. The summed E-state index contributed by atoms with van der Waals surface area (Å²) in [5, 5.41) is 56.4. The van der Waals surface area contributed by atoms with Crippen LogP contribution in [0.1, 0.15) is 106 Å². The minimum absolute atomic E-state index is 0.00651. The number of fused-ring (bicyclic) bond motifs is 4. The van der Waals surface area contributed by atoms with Crippen LogP contribution in [0.2, 0.25) is 0 Å². The van der Waals surface area contributed by atoms with E-state index in [0.717, 1.165) is 38.3 Å². The molecule has 0 bridgehead atoms. The smallest absolute Gasteiger partial charge is 0.326 e. The third-order valence-electron chi connectivity index (χ3n) is 18.6. The van der Waals surface area contributed by atoms with Gasteiger partial charge in [-0.25, -0.2) is 4.79 Å². The Bertz CT molecular complexity index is 4300. The highest BCUT2D eigenvalue weighted by molar-refractivity contribution is 6.00. The van der Waals surface area contributed by atoms with Crippen molar-refractivity contribution in [2.75, 3.05) is 32.7 Å². The number of carbonyl (C=O) groups excluding carboxylic acids is 8. The van der Waals surface area contributed by atoms with Crippen molar-refractivity contribution in [3.63, 3.8) is 0 Å². The van der Waals surface area contributed by atoms with E-state index in [2.05, 4.69) is 73.1 Å². The van der Waals surface area contributed by atoms with E-state index in [0.29, 0.717) is 72.7 Å². The van der Waals surface area contributed by atoms with Gasteiger partial charge in [-0.3, -0.25) is 49.2 Å². The normalized spacial score (nSPS) is 13.9. The van der Waals surface area contributed by atoms with Gasteiger partial charge in [-0.1, -0.05) is 72.8 Å². The molecular weight excluding hydrogens is 1360 g/mol. The van der Waals surface area contributed by atoms with Gasteiger partial charge in [0.25, 0.3) is 0 Å². The molecule has 0 fully saturated rings. The van der Waals surface area contributed by atoms with Crippen molar-refractivity contribution in [2.45, 2.75) is 164 Å². The van der Waals surface area contributed by atoms with Gasteiger partial charge in [0.2, 0.25) is 47.3 Å². The van der Waals surface area contributed by atoms with Crippen LogP contribution >= 0.6 is 0 Å². The summed E-state index contributed by atoms with van der Waals surface area (Å²) >= 11 is 0. The highest BCUT2D eigenvalue weighted by Gasteiger charge is 2.37. The number of aliphatic carboxylic acids is 1. The summed E-state index contributed by atoms with van der Waals surface area (Å²) in [6.07, 6.45) is 9.31. The fourth-order valence-corrected chi connectivity index (χ4v) is 12.9. The maximum atomic E-state index is 15.6. The lowest BCUT2D eigenvalue weighted by atomic mass is 10.00. The molecule has 568 valence electrons. The molecule has 4 aromatic carbocycles. The van der Waals surface area contributed by atoms with Crippen LogP contribution in [0.5, 0.6) is 0 Å². The van der Waals surface area contributed by atoms with Gasteiger partial charge in [-0.15, -0.1) is 0 Å². The second-order valence-corrected chi connectivity index (χ2v) is 26.5.